The summed E-state index contributed by atoms with van der Waals surface area (Å²) in [5, 5.41) is 20.8. The molecule has 112 valence electrons. The third kappa shape index (κ3) is 4.90. The lowest BCUT2D eigenvalue weighted by Crippen LogP contribution is -2.44. The fourth-order valence-electron chi connectivity index (χ4n) is 1.94. The minimum Gasteiger partial charge on any atom is -0.395 e. The normalized spacial score (nSPS) is 12.4. The third-order valence-corrected chi connectivity index (χ3v) is 3.13. The molecular weight excluding hydrogens is 258 g/mol. The SMILES string of the molecule is CC(C(=O)Nc1cccc(CN)c1)N(CCO)CCO. The number of rotatable bonds is 8. The number of nitrogens with zero attached hydrogens (tertiary/aromatic N) is 1. The molecule has 1 amide bonds. The minimum absolute atomic E-state index is 0.0553. The smallest absolute Gasteiger partial charge is 0.241 e. The van der Waals surface area contributed by atoms with Crippen molar-refractivity contribution in [2.24, 2.45) is 5.73 Å². The Balaban J connectivity index is 2.67. The number of aliphatic hydroxyl groups excluding tert-OH is 2. The van der Waals surface area contributed by atoms with E-state index in [1.54, 1.807) is 17.9 Å². The first kappa shape index (κ1) is 16.6. The monoisotopic (exact) mass is 281 g/mol. The summed E-state index contributed by atoms with van der Waals surface area (Å²) in [5.41, 5.74) is 7.20. The molecule has 0 aliphatic carbocycles. The van der Waals surface area contributed by atoms with Crippen LogP contribution in [0.1, 0.15) is 12.5 Å². The van der Waals surface area contributed by atoms with Gasteiger partial charge in [0.1, 0.15) is 0 Å². The lowest BCUT2D eigenvalue weighted by molar-refractivity contribution is -0.121. The van der Waals surface area contributed by atoms with Crippen LogP contribution in [0.15, 0.2) is 24.3 Å². The van der Waals surface area contributed by atoms with Gasteiger partial charge in [0, 0.05) is 25.3 Å². The zero-order chi connectivity index (χ0) is 15.0. The highest BCUT2D eigenvalue weighted by atomic mass is 16.3. The number of carbonyl (C=O) groups excluding carboxylic acids is 1. The minimum atomic E-state index is -0.434. The van der Waals surface area contributed by atoms with Gasteiger partial charge in [0.2, 0.25) is 5.91 Å². The van der Waals surface area contributed by atoms with Crippen molar-refractivity contribution in [2.45, 2.75) is 19.5 Å². The third-order valence-electron chi connectivity index (χ3n) is 3.13. The van der Waals surface area contributed by atoms with Crippen molar-refractivity contribution >= 4 is 11.6 Å². The van der Waals surface area contributed by atoms with Crippen LogP contribution in [0.5, 0.6) is 0 Å². The molecule has 0 fully saturated rings. The second kappa shape index (κ2) is 8.65. The number of nitrogens with two attached hydrogens (primary N) is 1. The first-order valence-corrected chi connectivity index (χ1v) is 6.68. The number of anilines is 1. The molecule has 0 saturated carbocycles. The van der Waals surface area contributed by atoms with E-state index in [-0.39, 0.29) is 19.1 Å². The van der Waals surface area contributed by atoms with Crippen molar-refractivity contribution in [2.75, 3.05) is 31.6 Å². The molecule has 1 unspecified atom stereocenters. The van der Waals surface area contributed by atoms with Crippen molar-refractivity contribution in [3.8, 4) is 0 Å². The van der Waals surface area contributed by atoms with E-state index >= 15 is 0 Å². The van der Waals surface area contributed by atoms with Crippen LogP contribution < -0.4 is 11.1 Å². The maximum absolute atomic E-state index is 12.2. The van der Waals surface area contributed by atoms with Gasteiger partial charge in [0.15, 0.2) is 0 Å². The highest BCUT2D eigenvalue weighted by molar-refractivity contribution is 5.94. The Morgan fingerprint density at radius 3 is 2.55 bits per heavy atom. The quantitative estimate of drug-likeness (QED) is 0.527. The summed E-state index contributed by atoms with van der Waals surface area (Å²) in [6.07, 6.45) is 0. The van der Waals surface area contributed by atoms with Crippen LogP contribution >= 0.6 is 0 Å². The highest BCUT2D eigenvalue weighted by Crippen LogP contribution is 2.11. The molecule has 0 aliphatic rings. The molecule has 0 aromatic heterocycles. The average molecular weight is 281 g/mol. The Kier molecular flexibility index (Phi) is 7.17. The Hall–Kier alpha value is -1.47. The molecule has 0 bridgehead atoms. The summed E-state index contributed by atoms with van der Waals surface area (Å²) in [7, 11) is 0. The predicted octanol–water partition coefficient (Wildman–Crippen LogP) is -0.241. The van der Waals surface area contributed by atoms with Crippen molar-refractivity contribution in [3.05, 3.63) is 29.8 Å². The topological polar surface area (TPSA) is 98.8 Å². The van der Waals surface area contributed by atoms with Crippen molar-refractivity contribution in [1.82, 2.24) is 4.90 Å². The Labute approximate surface area is 119 Å². The zero-order valence-electron chi connectivity index (χ0n) is 11.7. The molecule has 0 saturated heterocycles. The van der Waals surface area contributed by atoms with Gasteiger partial charge in [-0.2, -0.15) is 0 Å². The summed E-state index contributed by atoms with van der Waals surface area (Å²) in [4.78, 5) is 13.9. The highest BCUT2D eigenvalue weighted by Gasteiger charge is 2.20. The van der Waals surface area contributed by atoms with E-state index in [0.29, 0.717) is 25.3 Å². The van der Waals surface area contributed by atoms with Crippen molar-refractivity contribution in [3.63, 3.8) is 0 Å². The van der Waals surface area contributed by atoms with Gasteiger partial charge in [0.05, 0.1) is 19.3 Å². The molecule has 0 spiro atoms. The number of hydrogen-bond acceptors (Lipinski definition) is 5. The van der Waals surface area contributed by atoms with Gasteiger partial charge in [-0.25, -0.2) is 0 Å². The van der Waals surface area contributed by atoms with Gasteiger partial charge in [-0.05, 0) is 24.6 Å². The summed E-state index contributed by atoms with van der Waals surface area (Å²) in [6, 6.07) is 6.92. The summed E-state index contributed by atoms with van der Waals surface area (Å²) in [5.74, 6) is -0.180. The van der Waals surface area contributed by atoms with Crippen LogP contribution in [0.25, 0.3) is 0 Å². The van der Waals surface area contributed by atoms with Crippen LogP contribution in [0.4, 0.5) is 5.69 Å². The molecule has 6 nitrogen and oxygen atoms in total. The van der Waals surface area contributed by atoms with E-state index < -0.39 is 6.04 Å². The van der Waals surface area contributed by atoms with Crippen LogP contribution in [-0.4, -0.2) is 53.4 Å². The second-order valence-corrected chi connectivity index (χ2v) is 4.55. The van der Waals surface area contributed by atoms with E-state index in [1.165, 1.54) is 0 Å². The molecule has 6 heteroatoms. The average Bonchev–Trinajstić information content (AvgIpc) is 2.46. The van der Waals surface area contributed by atoms with E-state index in [2.05, 4.69) is 5.32 Å². The summed E-state index contributed by atoms with van der Waals surface area (Å²) < 4.78 is 0. The molecule has 0 aliphatic heterocycles. The van der Waals surface area contributed by atoms with Gasteiger partial charge in [-0.15, -0.1) is 0 Å². The second-order valence-electron chi connectivity index (χ2n) is 4.55. The maximum atomic E-state index is 12.2. The molecule has 20 heavy (non-hydrogen) atoms. The van der Waals surface area contributed by atoms with Crippen molar-refractivity contribution < 1.29 is 15.0 Å². The molecule has 1 atom stereocenters. The van der Waals surface area contributed by atoms with Crippen LogP contribution in [0.2, 0.25) is 0 Å². The molecule has 1 aromatic rings. The van der Waals surface area contributed by atoms with Crippen LogP contribution in [-0.2, 0) is 11.3 Å². The predicted molar refractivity (Wildman–Crippen MR) is 78.2 cm³/mol. The molecule has 1 rings (SSSR count). The number of hydrogen-bond donors (Lipinski definition) is 4. The Morgan fingerprint density at radius 2 is 2.00 bits per heavy atom. The van der Waals surface area contributed by atoms with E-state index in [4.69, 9.17) is 15.9 Å². The number of benzene rings is 1. The van der Waals surface area contributed by atoms with Gasteiger partial charge in [-0.1, -0.05) is 12.1 Å². The van der Waals surface area contributed by atoms with Gasteiger partial charge in [-0.3, -0.25) is 9.69 Å². The van der Waals surface area contributed by atoms with Gasteiger partial charge in [0.25, 0.3) is 0 Å². The fourth-order valence-corrected chi connectivity index (χ4v) is 1.94. The molecule has 5 N–H and O–H groups in total. The molecule has 0 heterocycles. The summed E-state index contributed by atoms with van der Waals surface area (Å²) in [6.45, 7) is 2.74. The van der Waals surface area contributed by atoms with E-state index in [0.717, 1.165) is 5.56 Å². The standard InChI is InChI=1S/C14H23N3O3/c1-11(17(5-7-18)6-8-19)14(20)16-13-4-2-3-12(9-13)10-15/h2-4,9,11,18-19H,5-8,10,15H2,1H3,(H,16,20). The molecular formula is C14H23N3O3. The van der Waals surface area contributed by atoms with E-state index in [9.17, 15) is 4.79 Å². The Morgan fingerprint density at radius 1 is 1.35 bits per heavy atom. The molecule has 0 radical (unpaired) electrons. The zero-order valence-corrected chi connectivity index (χ0v) is 11.7. The first-order chi connectivity index (χ1) is 9.62. The Bertz CT molecular complexity index is 420. The maximum Gasteiger partial charge on any atom is 0.241 e. The number of carbonyl (C=O) groups is 1. The lowest BCUT2D eigenvalue weighted by Gasteiger charge is -2.26. The fraction of sp³-hybridized carbons (Fsp3) is 0.500. The number of aliphatic hydroxyl groups is 2. The molecule has 1 aromatic carbocycles. The van der Waals surface area contributed by atoms with Crippen molar-refractivity contribution in [1.29, 1.82) is 0 Å². The van der Waals surface area contributed by atoms with Crippen LogP contribution in [0.3, 0.4) is 0 Å². The first-order valence-electron chi connectivity index (χ1n) is 6.68. The largest absolute Gasteiger partial charge is 0.395 e. The summed E-state index contributed by atoms with van der Waals surface area (Å²) >= 11 is 0. The lowest BCUT2D eigenvalue weighted by atomic mass is 10.2. The van der Waals surface area contributed by atoms with Crippen LogP contribution in [0, 0.1) is 0 Å². The number of amides is 1. The van der Waals surface area contributed by atoms with Gasteiger partial charge >= 0.3 is 0 Å². The number of nitrogens with one attached hydrogen (secondary N) is 1. The van der Waals surface area contributed by atoms with E-state index in [1.807, 2.05) is 18.2 Å². The van der Waals surface area contributed by atoms with Gasteiger partial charge < -0.3 is 21.3 Å².